The van der Waals surface area contributed by atoms with Gasteiger partial charge in [-0.1, -0.05) is 17.7 Å². The quantitative estimate of drug-likeness (QED) is 0.889. The van der Waals surface area contributed by atoms with Gasteiger partial charge in [0.1, 0.15) is 17.5 Å². The highest BCUT2D eigenvalue weighted by molar-refractivity contribution is 6.31. The monoisotopic (exact) mass is 299 g/mol. The molecule has 0 heterocycles. The summed E-state index contributed by atoms with van der Waals surface area (Å²) in [4.78, 5) is 0. The molecule has 0 aliphatic carbocycles. The van der Waals surface area contributed by atoms with E-state index in [1.807, 2.05) is 0 Å². The second-order valence-corrected chi connectivity index (χ2v) is 4.85. The van der Waals surface area contributed by atoms with Crippen LogP contribution in [0.1, 0.15) is 17.2 Å². The smallest absolute Gasteiger partial charge is 0.130 e. The Morgan fingerprint density at radius 2 is 1.70 bits per heavy atom. The predicted octanol–water partition coefficient (Wildman–Crippen LogP) is 4.26. The molecule has 0 radical (unpaired) electrons. The van der Waals surface area contributed by atoms with E-state index < -0.39 is 23.5 Å². The summed E-state index contributed by atoms with van der Waals surface area (Å²) in [6.07, 6.45) is 0.301. The van der Waals surface area contributed by atoms with Crippen LogP contribution in [-0.2, 0) is 6.42 Å². The Bertz CT molecular complexity index is 616. The van der Waals surface area contributed by atoms with Crippen LogP contribution in [0, 0.1) is 17.5 Å². The third-order valence-corrected chi connectivity index (χ3v) is 3.49. The van der Waals surface area contributed by atoms with E-state index in [9.17, 15) is 13.2 Å². The van der Waals surface area contributed by atoms with Crippen molar-refractivity contribution in [1.29, 1.82) is 0 Å². The van der Waals surface area contributed by atoms with E-state index in [0.29, 0.717) is 22.6 Å². The molecule has 1 nitrogen and oxygen atoms in total. The molecule has 2 aromatic carbocycles. The molecule has 0 fully saturated rings. The fourth-order valence-corrected chi connectivity index (χ4v) is 2.27. The van der Waals surface area contributed by atoms with Gasteiger partial charge in [0.2, 0.25) is 0 Å². The third-order valence-electron chi connectivity index (χ3n) is 3.12. The van der Waals surface area contributed by atoms with Gasteiger partial charge in [0.05, 0.1) is 0 Å². The maximum atomic E-state index is 13.8. The molecule has 1 N–H and O–H groups in total. The van der Waals surface area contributed by atoms with Crippen molar-refractivity contribution in [2.75, 3.05) is 7.05 Å². The standard InChI is InChI=1S/C15H13ClF3N/c1-20-15(12-4-2-11(18)8-14(12)19)7-9-6-10(17)3-5-13(9)16/h2-6,8,15,20H,7H2,1H3. The van der Waals surface area contributed by atoms with Crippen molar-refractivity contribution in [2.45, 2.75) is 12.5 Å². The van der Waals surface area contributed by atoms with Crippen molar-refractivity contribution in [3.63, 3.8) is 0 Å². The number of rotatable bonds is 4. The number of likely N-dealkylation sites (N-methyl/N-ethyl adjacent to an activating group) is 1. The van der Waals surface area contributed by atoms with Gasteiger partial charge in [-0.2, -0.15) is 0 Å². The molecular weight excluding hydrogens is 287 g/mol. The largest absolute Gasteiger partial charge is 0.313 e. The van der Waals surface area contributed by atoms with Gasteiger partial charge in [0.25, 0.3) is 0 Å². The molecule has 0 aliphatic rings. The average molecular weight is 300 g/mol. The van der Waals surface area contributed by atoms with Gasteiger partial charge in [0, 0.05) is 22.7 Å². The van der Waals surface area contributed by atoms with Crippen LogP contribution in [0.15, 0.2) is 36.4 Å². The molecule has 1 unspecified atom stereocenters. The van der Waals surface area contributed by atoms with Gasteiger partial charge in [-0.05, 0) is 43.3 Å². The first kappa shape index (κ1) is 14.9. The highest BCUT2D eigenvalue weighted by atomic mass is 35.5. The highest BCUT2D eigenvalue weighted by Gasteiger charge is 2.17. The maximum absolute atomic E-state index is 13.8. The van der Waals surface area contributed by atoms with E-state index in [4.69, 9.17) is 11.6 Å². The summed E-state index contributed by atoms with van der Waals surface area (Å²) in [5.74, 6) is -1.68. The molecule has 2 aromatic rings. The van der Waals surface area contributed by atoms with Crippen LogP contribution in [0.5, 0.6) is 0 Å². The minimum Gasteiger partial charge on any atom is -0.313 e. The summed E-state index contributed by atoms with van der Waals surface area (Å²) in [6, 6.07) is 7.00. The molecule has 0 amide bonds. The minimum atomic E-state index is -0.642. The second kappa shape index (κ2) is 6.29. The zero-order valence-corrected chi connectivity index (χ0v) is 11.5. The van der Waals surface area contributed by atoms with Crippen LogP contribution in [0.3, 0.4) is 0 Å². The van der Waals surface area contributed by atoms with Crippen molar-refractivity contribution < 1.29 is 13.2 Å². The lowest BCUT2D eigenvalue weighted by molar-refractivity contribution is 0.520. The fourth-order valence-electron chi connectivity index (χ4n) is 2.07. The molecule has 0 bridgehead atoms. The lowest BCUT2D eigenvalue weighted by Crippen LogP contribution is -2.20. The molecule has 106 valence electrons. The molecule has 5 heteroatoms. The molecule has 20 heavy (non-hydrogen) atoms. The topological polar surface area (TPSA) is 12.0 Å². The van der Waals surface area contributed by atoms with E-state index in [1.165, 1.54) is 30.3 Å². The van der Waals surface area contributed by atoms with E-state index >= 15 is 0 Å². The van der Waals surface area contributed by atoms with Gasteiger partial charge in [0.15, 0.2) is 0 Å². The Kier molecular flexibility index (Phi) is 4.68. The molecule has 2 rings (SSSR count). The van der Waals surface area contributed by atoms with Crippen molar-refractivity contribution in [2.24, 2.45) is 0 Å². The SMILES string of the molecule is CNC(Cc1cc(F)ccc1Cl)c1ccc(F)cc1F. The molecule has 0 saturated heterocycles. The van der Waals surface area contributed by atoms with Crippen LogP contribution in [-0.4, -0.2) is 7.05 Å². The number of nitrogens with one attached hydrogen (secondary N) is 1. The van der Waals surface area contributed by atoms with Crippen molar-refractivity contribution in [3.8, 4) is 0 Å². The lowest BCUT2D eigenvalue weighted by Gasteiger charge is -2.18. The maximum Gasteiger partial charge on any atom is 0.130 e. The van der Waals surface area contributed by atoms with Crippen LogP contribution < -0.4 is 5.32 Å². The van der Waals surface area contributed by atoms with Crippen molar-refractivity contribution >= 4 is 11.6 Å². The normalized spacial score (nSPS) is 12.4. The summed E-state index contributed by atoms with van der Waals surface area (Å²) in [6.45, 7) is 0. The first-order valence-corrected chi connectivity index (χ1v) is 6.45. The average Bonchev–Trinajstić information content (AvgIpc) is 2.40. The minimum absolute atomic E-state index is 0.301. The van der Waals surface area contributed by atoms with Crippen LogP contribution >= 0.6 is 11.6 Å². The summed E-state index contributed by atoms with van der Waals surface area (Å²) < 4.78 is 39.9. The lowest BCUT2D eigenvalue weighted by atomic mass is 9.98. The summed E-state index contributed by atoms with van der Waals surface area (Å²) in [5.41, 5.74) is 0.879. The van der Waals surface area contributed by atoms with Crippen molar-refractivity contribution in [1.82, 2.24) is 5.32 Å². The van der Waals surface area contributed by atoms with Crippen LogP contribution in [0.2, 0.25) is 5.02 Å². The molecule has 1 atom stereocenters. The summed E-state index contributed by atoms with van der Waals surface area (Å²) >= 11 is 6.00. The molecule has 0 aromatic heterocycles. The predicted molar refractivity (Wildman–Crippen MR) is 73.3 cm³/mol. The van der Waals surface area contributed by atoms with Gasteiger partial charge in [-0.3, -0.25) is 0 Å². The number of hydrogen-bond acceptors (Lipinski definition) is 1. The Morgan fingerprint density at radius 1 is 1.05 bits per heavy atom. The van der Waals surface area contributed by atoms with Crippen LogP contribution in [0.4, 0.5) is 13.2 Å². The first-order chi connectivity index (χ1) is 9.51. The van der Waals surface area contributed by atoms with E-state index in [-0.39, 0.29) is 0 Å². The molecular formula is C15H13ClF3N. The second-order valence-electron chi connectivity index (χ2n) is 4.45. The highest BCUT2D eigenvalue weighted by Crippen LogP contribution is 2.26. The Morgan fingerprint density at radius 3 is 2.35 bits per heavy atom. The number of hydrogen-bond donors (Lipinski definition) is 1. The zero-order valence-electron chi connectivity index (χ0n) is 10.8. The van der Waals surface area contributed by atoms with E-state index in [1.54, 1.807) is 7.05 Å². The van der Waals surface area contributed by atoms with E-state index in [2.05, 4.69) is 5.32 Å². The summed E-state index contributed by atoms with van der Waals surface area (Å²) in [5, 5.41) is 3.34. The van der Waals surface area contributed by atoms with Crippen LogP contribution in [0.25, 0.3) is 0 Å². The number of halogens is 4. The van der Waals surface area contributed by atoms with Gasteiger partial charge in [-0.15, -0.1) is 0 Å². The van der Waals surface area contributed by atoms with E-state index in [0.717, 1.165) is 6.07 Å². The number of benzene rings is 2. The zero-order chi connectivity index (χ0) is 14.7. The Hall–Kier alpha value is -1.52. The van der Waals surface area contributed by atoms with Crippen molar-refractivity contribution in [3.05, 3.63) is 70.0 Å². The first-order valence-electron chi connectivity index (χ1n) is 6.07. The third kappa shape index (κ3) is 3.32. The summed E-state index contributed by atoms with van der Waals surface area (Å²) in [7, 11) is 1.65. The van der Waals surface area contributed by atoms with Gasteiger partial charge < -0.3 is 5.32 Å². The Balaban J connectivity index is 2.31. The molecule has 0 saturated carbocycles. The van der Waals surface area contributed by atoms with Gasteiger partial charge in [-0.25, -0.2) is 13.2 Å². The van der Waals surface area contributed by atoms with Gasteiger partial charge >= 0.3 is 0 Å². The molecule has 0 aliphatic heterocycles. The molecule has 0 spiro atoms. The fraction of sp³-hybridized carbons (Fsp3) is 0.200. The Labute approximate surface area is 120 Å².